The highest BCUT2D eigenvalue weighted by molar-refractivity contribution is 5.91. The van der Waals surface area contributed by atoms with Gasteiger partial charge < -0.3 is 0 Å². The summed E-state index contributed by atoms with van der Waals surface area (Å²) in [6.45, 7) is 4.33. The largest absolute Gasteiger partial charge is 0.295 e. The van der Waals surface area contributed by atoms with Crippen molar-refractivity contribution in [2.75, 3.05) is 5.32 Å². The van der Waals surface area contributed by atoms with E-state index < -0.39 is 0 Å². The Morgan fingerprint density at radius 1 is 1.32 bits per heavy atom. The molecule has 98 valence electrons. The lowest BCUT2D eigenvalue weighted by Crippen LogP contribution is -2.29. The molecule has 1 atom stereocenters. The Labute approximate surface area is 111 Å². The van der Waals surface area contributed by atoms with Crippen LogP contribution in [-0.2, 0) is 4.79 Å². The van der Waals surface area contributed by atoms with Crippen molar-refractivity contribution in [3.05, 3.63) is 41.7 Å². The Hall–Kier alpha value is -2.17. The van der Waals surface area contributed by atoms with Crippen LogP contribution in [0, 0.1) is 0 Å². The quantitative estimate of drug-likeness (QED) is 0.897. The van der Waals surface area contributed by atoms with Crippen LogP contribution >= 0.6 is 0 Å². The predicted molar refractivity (Wildman–Crippen MR) is 71.9 cm³/mol. The van der Waals surface area contributed by atoms with E-state index in [0.717, 1.165) is 5.56 Å². The molecule has 0 saturated carbocycles. The van der Waals surface area contributed by atoms with Crippen molar-refractivity contribution in [3.8, 4) is 0 Å². The first kappa shape index (κ1) is 11.9. The molecule has 1 N–H and O–H groups in total. The van der Waals surface area contributed by atoms with E-state index in [2.05, 4.69) is 53.5 Å². The van der Waals surface area contributed by atoms with Crippen LogP contribution in [-0.4, -0.2) is 20.7 Å². The monoisotopic (exact) mass is 256 g/mol. The Balaban J connectivity index is 1.96. The van der Waals surface area contributed by atoms with E-state index in [1.54, 1.807) is 4.68 Å². The number of benzene rings is 1. The molecule has 0 bridgehead atoms. The van der Waals surface area contributed by atoms with Crippen LogP contribution in [0.4, 0.5) is 5.95 Å². The second-order valence-corrected chi connectivity index (χ2v) is 5.12. The van der Waals surface area contributed by atoms with Gasteiger partial charge in [0.05, 0.1) is 12.5 Å². The molecular weight excluding hydrogens is 240 g/mol. The molecule has 1 aromatic heterocycles. The summed E-state index contributed by atoms with van der Waals surface area (Å²) in [6, 6.07) is 8.31. The molecule has 0 radical (unpaired) electrons. The lowest BCUT2D eigenvalue weighted by Gasteiger charge is -2.24. The Morgan fingerprint density at radius 2 is 2.05 bits per heavy atom. The van der Waals surface area contributed by atoms with Crippen molar-refractivity contribution in [2.45, 2.75) is 32.2 Å². The molecule has 0 aliphatic carbocycles. The SMILES string of the molecule is CC(C)c1ccc([C@@H]2CC(=O)Nc3ncnn32)cc1. The van der Waals surface area contributed by atoms with E-state index in [1.165, 1.54) is 11.9 Å². The number of nitrogens with one attached hydrogen (secondary N) is 1. The fourth-order valence-corrected chi connectivity index (χ4v) is 2.37. The average Bonchev–Trinajstić information content (AvgIpc) is 2.85. The third-order valence-electron chi connectivity index (χ3n) is 3.49. The molecule has 0 spiro atoms. The molecule has 1 amide bonds. The van der Waals surface area contributed by atoms with Gasteiger partial charge in [0.15, 0.2) is 0 Å². The Bertz CT molecular complexity index is 600. The molecule has 3 rings (SSSR count). The number of carbonyl (C=O) groups excluding carboxylic acids is 1. The lowest BCUT2D eigenvalue weighted by atomic mass is 9.97. The summed E-state index contributed by atoms with van der Waals surface area (Å²) < 4.78 is 1.77. The van der Waals surface area contributed by atoms with Crippen LogP contribution in [0.25, 0.3) is 0 Å². The zero-order valence-corrected chi connectivity index (χ0v) is 11.0. The molecule has 0 saturated heterocycles. The van der Waals surface area contributed by atoms with Crippen LogP contribution in [0.1, 0.15) is 43.4 Å². The van der Waals surface area contributed by atoms with Crippen LogP contribution in [0.5, 0.6) is 0 Å². The zero-order valence-electron chi connectivity index (χ0n) is 11.0. The van der Waals surface area contributed by atoms with Crippen molar-refractivity contribution in [2.24, 2.45) is 0 Å². The topological polar surface area (TPSA) is 59.8 Å². The van der Waals surface area contributed by atoms with Gasteiger partial charge in [0.1, 0.15) is 6.33 Å². The van der Waals surface area contributed by atoms with E-state index >= 15 is 0 Å². The standard InChI is InChI=1S/C14H16N4O/c1-9(2)10-3-5-11(6-4-10)12-7-13(19)17-14-15-8-16-18(12)14/h3-6,8-9,12H,7H2,1-2H3,(H,15,16,17,19)/t12-/m0/s1. The van der Waals surface area contributed by atoms with Gasteiger partial charge in [-0.15, -0.1) is 0 Å². The molecule has 19 heavy (non-hydrogen) atoms. The summed E-state index contributed by atoms with van der Waals surface area (Å²) in [5, 5.41) is 6.92. The molecule has 0 fully saturated rings. The molecule has 2 heterocycles. The van der Waals surface area contributed by atoms with Crippen molar-refractivity contribution in [1.29, 1.82) is 0 Å². The van der Waals surface area contributed by atoms with E-state index in [0.29, 0.717) is 18.3 Å². The number of anilines is 1. The Kier molecular flexibility index (Phi) is 2.81. The fraction of sp³-hybridized carbons (Fsp3) is 0.357. The zero-order chi connectivity index (χ0) is 13.4. The number of nitrogens with zero attached hydrogens (tertiary/aromatic N) is 3. The van der Waals surface area contributed by atoms with Crippen LogP contribution in [0.3, 0.4) is 0 Å². The number of amides is 1. The van der Waals surface area contributed by atoms with Crippen LogP contribution in [0.15, 0.2) is 30.6 Å². The highest BCUT2D eigenvalue weighted by Crippen LogP contribution is 2.29. The first-order chi connectivity index (χ1) is 9.15. The van der Waals surface area contributed by atoms with Gasteiger partial charge in [-0.05, 0) is 17.0 Å². The summed E-state index contributed by atoms with van der Waals surface area (Å²) in [5.41, 5.74) is 2.38. The molecule has 1 aromatic carbocycles. The summed E-state index contributed by atoms with van der Waals surface area (Å²) >= 11 is 0. The van der Waals surface area contributed by atoms with Gasteiger partial charge in [-0.2, -0.15) is 10.1 Å². The first-order valence-electron chi connectivity index (χ1n) is 6.44. The van der Waals surface area contributed by atoms with E-state index in [-0.39, 0.29) is 11.9 Å². The van der Waals surface area contributed by atoms with Gasteiger partial charge in [0.2, 0.25) is 11.9 Å². The molecule has 0 unspecified atom stereocenters. The minimum absolute atomic E-state index is 0.0153. The summed E-state index contributed by atoms with van der Waals surface area (Å²) in [4.78, 5) is 15.7. The molecule has 1 aliphatic rings. The van der Waals surface area contributed by atoms with Gasteiger partial charge in [0.25, 0.3) is 0 Å². The second-order valence-electron chi connectivity index (χ2n) is 5.12. The summed E-state index contributed by atoms with van der Waals surface area (Å²) in [6.07, 6.45) is 1.87. The van der Waals surface area contributed by atoms with E-state index in [4.69, 9.17) is 0 Å². The third-order valence-corrected chi connectivity index (χ3v) is 3.49. The minimum atomic E-state index is -0.0625. The number of rotatable bonds is 2. The number of carbonyl (C=O) groups is 1. The lowest BCUT2D eigenvalue weighted by molar-refractivity contribution is -0.117. The number of fused-ring (bicyclic) bond motifs is 1. The smallest absolute Gasteiger partial charge is 0.229 e. The van der Waals surface area contributed by atoms with Gasteiger partial charge in [-0.3, -0.25) is 10.1 Å². The maximum Gasteiger partial charge on any atom is 0.229 e. The van der Waals surface area contributed by atoms with Crippen molar-refractivity contribution >= 4 is 11.9 Å². The summed E-state index contributed by atoms with van der Waals surface area (Å²) in [7, 11) is 0. The second kappa shape index (κ2) is 4.50. The predicted octanol–water partition coefficient (Wildman–Crippen LogP) is 2.33. The van der Waals surface area contributed by atoms with Gasteiger partial charge in [-0.1, -0.05) is 38.1 Å². The summed E-state index contributed by atoms with van der Waals surface area (Å²) in [5.74, 6) is 1.01. The highest BCUT2D eigenvalue weighted by atomic mass is 16.2. The first-order valence-corrected chi connectivity index (χ1v) is 6.44. The van der Waals surface area contributed by atoms with Gasteiger partial charge >= 0.3 is 0 Å². The maximum absolute atomic E-state index is 11.7. The van der Waals surface area contributed by atoms with Crippen LogP contribution in [0.2, 0.25) is 0 Å². The fourth-order valence-electron chi connectivity index (χ4n) is 2.37. The maximum atomic E-state index is 11.7. The molecule has 5 nitrogen and oxygen atoms in total. The third kappa shape index (κ3) is 2.12. The number of aromatic nitrogens is 3. The Morgan fingerprint density at radius 3 is 2.74 bits per heavy atom. The number of hydrogen-bond acceptors (Lipinski definition) is 3. The minimum Gasteiger partial charge on any atom is -0.295 e. The molecule has 2 aromatic rings. The van der Waals surface area contributed by atoms with E-state index in [9.17, 15) is 4.79 Å². The van der Waals surface area contributed by atoms with Gasteiger partial charge in [0, 0.05) is 0 Å². The molecular formula is C14H16N4O. The average molecular weight is 256 g/mol. The van der Waals surface area contributed by atoms with Gasteiger partial charge in [-0.25, -0.2) is 4.68 Å². The normalized spacial score (nSPS) is 18.3. The van der Waals surface area contributed by atoms with Crippen molar-refractivity contribution in [1.82, 2.24) is 14.8 Å². The number of hydrogen-bond donors (Lipinski definition) is 1. The van der Waals surface area contributed by atoms with Crippen molar-refractivity contribution in [3.63, 3.8) is 0 Å². The molecule has 5 heteroatoms. The molecule has 1 aliphatic heterocycles. The van der Waals surface area contributed by atoms with Crippen LogP contribution < -0.4 is 5.32 Å². The van der Waals surface area contributed by atoms with E-state index in [1.807, 2.05) is 0 Å². The van der Waals surface area contributed by atoms with Crippen molar-refractivity contribution < 1.29 is 4.79 Å². The highest BCUT2D eigenvalue weighted by Gasteiger charge is 2.27.